The van der Waals surface area contributed by atoms with Gasteiger partial charge in [0.25, 0.3) is 0 Å². The predicted molar refractivity (Wildman–Crippen MR) is 71.5 cm³/mol. The van der Waals surface area contributed by atoms with Gasteiger partial charge in [-0.25, -0.2) is 4.39 Å². The fraction of sp³-hybridized carbons (Fsp3) is 0.562. The number of Topliss-reactive ketones (excluding diaryl/α,β-unsaturated/α-hetero) is 1. The zero-order chi connectivity index (χ0) is 15.6. The van der Waals surface area contributed by atoms with Crippen LogP contribution in [-0.2, 0) is 6.18 Å². The molecule has 0 unspecified atom stereocenters. The minimum absolute atomic E-state index is 0.0421. The highest BCUT2D eigenvalue weighted by molar-refractivity contribution is 5.97. The number of carbonyl (C=O) groups excluding carboxylic acids is 1. The molecule has 1 fully saturated rings. The van der Waals surface area contributed by atoms with Gasteiger partial charge in [-0.1, -0.05) is 19.4 Å². The topological polar surface area (TPSA) is 17.1 Å². The lowest BCUT2D eigenvalue weighted by Crippen LogP contribution is -2.22. The van der Waals surface area contributed by atoms with Gasteiger partial charge in [0.15, 0.2) is 5.78 Å². The lowest BCUT2D eigenvalue weighted by atomic mass is 9.78. The van der Waals surface area contributed by atoms with Crippen molar-refractivity contribution in [1.29, 1.82) is 0 Å². The lowest BCUT2D eigenvalue weighted by Gasteiger charge is -2.26. The van der Waals surface area contributed by atoms with Crippen molar-refractivity contribution in [3.8, 4) is 0 Å². The number of hydrogen-bond acceptors (Lipinski definition) is 1. The molecule has 0 amide bonds. The van der Waals surface area contributed by atoms with E-state index in [1.165, 1.54) is 0 Å². The normalized spacial score (nSPS) is 23.1. The third-order valence-electron chi connectivity index (χ3n) is 4.35. The summed E-state index contributed by atoms with van der Waals surface area (Å²) in [5, 5.41) is 0. The van der Waals surface area contributed by atoms with E-state index < -0.39 is 17.6 Å². The van der Waals surface area contributed by atoms with Gasteiger partial charge in [0.1, 0.15) is 5.82 Å². The molecule has 1 nitrogen and oxygen atoms in total. The quantitative estimate of drug-likeness (QED) is 0.551. The fourth-order valence-corrected chi connectivity index (χ4v) is 2.97. The molecule has 5 heteroatoms. The maximum absolute atomic E-state index is 13.5. The zero-order valence-electron chi connectivity index (χ0n) is 11.8. The Labute approximate surface area is 121 Å². The van der Waals surface area contributed by atoms with Crippen LogP contribution in [0.2, 0.25) is 0 Å². The molecule has 1 aromatic carbocycles. The van der Waals surface area contributed by atoms with Gasteiger partial charge in [-0.15, -0.1) is 0 Å². The molecular formula is C16H18F4O. The number of alkyl halides is 3. The summed E-state index contributed by atoms with van der Waals surface area (Å²) in [6, 6.07) is 2.46. The first-order chi connectivity index (χ1) is 9.82. The molecule has 1 saturated carbocycles. The summed E-state index contributed by atoms with van der Waals surface area (Å²) < 4.78 is 51.0. The van der Waals surface area contributed by atoms with Gasteiger partial charge in [-0.05, 0) is 43.7 Å². The molecule has 1 aliphatic carbocycles. The Hall–Kier alpha value is -1.39. The van der Waals surface area contributed by atoms with Gasteiger partial charge < -0.3 is 0 Å². The van der Waals surface area contributed by atoms with Gasteiger partial charge in [0.2, 0.25) is 0 Å². The van der Waals surface area contributed by atoms with E-state index in [0.29, 0.717) is 12.0 Å². The standard InChI is InChI=1S/C16H18F4O/c1-2-10-3-5-11(6-4-10)15(21)12-7-8-13(14(17)9-12)16(18,19)20/h7-11H,2-6H2,1H3. The van der Waals surface area contributed by atoms with Crippen LogP contribution in [0.1, 0.15) is 54.9 Å². The first-order valence-electron chi connectivity index (χ1n) is 7.24. The van der Waals surface area contributed by atoms with Gasteiger partial charge in [0, 0.05) is 11.5 Å². The van der Waals surface area contributed by atoms with Crippen molar-refractivity contribution in [3.63, 3.8) is 0 Å². The van der Waals surface area contributed by atoms with E-state index >= 15 is 0 Å². The molecule has 1 aliphatic rings. The predicted octanol–water partition coefficient (Wildman–Crippen LogP) is 5.24. The molecule has 0 spiro atoms. The first-order valence-corrected chi connectivity index (χ1v) is 7.24. The largest absolute Gasteiger partial charge is 0.419 e. The second kappa shape index (κ2) is 6.16. The summed E-state index contributed by atoms with van der Waals surface area (Å²) in [5.41, 5.74) is -1.28. The summed E-state index contributed by atoms with van der Waals surface area (Å²) >= 11 is 0. The monoisotopic (exact) mass is 302 g/mol. The zero-order valence-corrected chi connectivity index (χ0v) is 11.8. The minimum atomic E-state index is -4.73. The molecule has 0 N–H and O–H groups in total. The van der Waals surface area contributed by atoms with E-state index in [1.807, 2.05) is 0 Å². The van der Waals surface area contributed by atoms with Crippen LogP contribution < -0.4 is 0 Å². The number of halogens is 4. The molecular weight excluding hydrogens is 284 g/mol. The minimum Gasteiger partial charge on any atom is -0.294 e. The lowest BCUT2D eigenvalue weighted by molar-refractivity contribution is -0.140. The Kier molecular flexibility index (Phi) is 4.69. The van der Waals surface area contributed by atoms with E-state index in [-0.39, 0.29) is 17.3 Å². The molecule has 0 heterocycles. The Bertz CT molecular complexity index is 513. The molecule has 1 aromatic rings. The highest BCUT2D eigenvalue weighted by atomic mass is 19.4. The molecule has 0 aliphatic heterocycles. The number of ketones is 1. The van der Waals surface area contributed by atoms with Crippen molar-refractivity contribution < 1.29 is 22.4 Å². The fourth-order valence-electron chi connectivity index (χ4n) is 2.97. The van der Waals surface area contributed by atoms with Gasteiger partial charge in [-0.3, -0.25) is 4.79 Å². The molecule has 0 radical (unpaired) electrons. The number of hydrogen-bond donors (Lipinski definition) is 0. The molecule has 0 saturated heterocycles. The second-order valence-corrected chi connectivity index (χ2v) is 5.68. The van der Waals surface area contributed by atoms with Gasteiger partial charge >= 0.3 is 6.18 Å². The van der Waals surface area contributed by atoms with Crippen molar-refractivity contribution >= 4 is 5.78 Å². The smallest absolute Gasteiger partial charge is 0.294 e. The van der Waals surface area contributed by atoms with Crippen LogP contribution in [0.3, 0.4) is 0 Å². The maximum Gasteiger partial charge on any atom is 0.419 e. The van der Waals surface area contributed by atoms with Crippen molar-refractivity contribution in [2.75, 3.05) is 0 Å². The van der Waals surface area contributed by atoms with Crippen LogP contribution in [0.15, 0.2) is 18.2 Å². The SMILES string of the molecule is CCC1CCC(C(=O)c2ccc(C(F)(F)F)c(F)c2)CC1. The Balaban J connectivity index is 2.12. The van der Waals surface area contributed by atoms with Crippen molar-refractivity contribution in [1.82, 2.24) is 0 Å². The average molecular weight is 302 g/mol. The van der Waals surface area contributed by atoms with Crippen LogP contribution >= 0.6 is 0 Å². The number of carbonyl (C=O) groups is 1. The Morgan fingerprint density at radius 3 is 2.29 bits per heavy atom. The maximum atomic E-state index is 13.5. The van der Waals surface area contributed by atoms with E-state index in [0.717, 1.165) is 44.2 Å². The summed E-state index contributed by atoms with van der Waals surface area (Å²) in [6.45, 7) is 2.11. The van der Waals surface area contributed by atoms with Crippen molar-refractivity contribution in [2.45, 2.75) is 45.2 Å². The first kappa shape index (κ1) is 16.0. The summed E-state index contributed by atoms with van der Waals surface area (Å²) in [7, 11) is 0. The second-order valence-electron chi connectivity index (χ2n) is 5.68. The molecule has 2 rings (SSSR count). The highest BCUT2D eigenvalue weighted by Crippen LogP contribution is 2.34. The van der Waals surface area contributed by atoms with E-state index in [4.69, 9.17) is 0 Å². The molecule has 21 heavy (non-hydrogen) atoms. The van der Waals surface area contributed by atoms with Crippen LogP contribution in [0.25, 0.3) is 0 Å². The summed E-state index contributed by atoms with van der Waals surface area (Å²) in [6.07, 6.45) is -0.271. The van der Waals surface area contributed by atoms with Crippen LogP contribution in [-0.4, -0.2) is 5.78 Å². The third kappa shape index (κ3) is 3.63. The van der Waals surface area contributed by atoms with Crippen LogP contribution in [0, 0.1) is 17.7 Å². The molecule has 0 atom stereocenters. The third-order valence-corrected chi connectivity index (χ3v) is 4.35. The van der Waals surface area contributed by atoms with Crippen LogP contribution in [0.5, 0.6) is 0 Å². The van der Waals surface area contributed by atoms with E-state index in [2.05, 4.69) is 6.92 Å². The number of rotatable bonds is 3. The van der Waals surface area contributed by atoms with E-state index in [1.54, 1.807) is 0 Å². The average Bonchev–Trinajstić information content (AvgIpc) is 2.45. The highest BCUT2D eigenvalue weighted by Gasteiger charge is 2.35. The van der Waals surface area contributed by atoms with Gasteiger partial charge in [0.05, 0.1) is 5.56 Å². The summed E-state index contributed by atoms with van der Waals surface area (Å²) in [5.74, 6) is -1.19. The van der Waals surface area contributed by atoms with Crippen LogP contribution in [0.4, 0.5) is 17.6 Å². The summed E-state index contributed by atoms with van der Waals surface area (Å²) in [4.78, 5) is 12.3. The Morgan fingerprint density at radius 2 is 1.81 bits per heavy atom. The molecule has 0 bridgehead atoms. The van der Waals surface area contributed by atoms with Crippen molar-refractivity contribution in [2.24, 2.45) is 11.8 Å². The van der Waals surface area contributed by atoms with Gasteiger partial charge in [-0.2, -0.15) is 13.2 Å². The molecule has 116 valence electrons. The molecule has 0 aromatic heterocycles. The Morgan fingerprint density at radius 1 is 1.19 bits per heavy atom. The van der Waals surface area contributed by atoms with E-state index in [9.17, 15) is 22.4 Å². The number of benzene rings is 1. The van der Waals surface area contributed by atoms with Crippen molar-refractivity contribution in [3.05, 3.63) is 35.1 Å².